The van der Waals surface area contributed by atoms with Crippen LogP contribution >= 0.6 is 0 Å². The van der Waals surface area contributed by atoms with Crippen molar-refractivity contribution in [1.29, 1.82) is 0 Å². The highest BCUT2D eigenvalue weighted by atomic mass is 19.1. The van der Waals surface area contributed by atoms with Gasteiger partial charge in [-0.05, 0) is 36.4 Å². The number of ether oxygens (including phenoxy) is 1. The van der Waals surface area contributed by atoms with Crippen molar-refractivity contribution < 1.29 is 18.7 Å². The summed E-state index contributed by atoms with van der Waals surface area (Å²) in [7, 11) is 1.29. The minimum Gasteiger partial charge on any atom is -0.465 e. The quantitative estimate of drug-likeness (QED) is 0.636. The van der Waals surface area contributed by atoms with Crippen molar-refractivity contribution in [2.45, 2.75) is 6.54 Å². The van der Waals surface area contributed by atoms with E-state index in [9.17, 15) is 14.0 Å². The number of pyridine rings is 1. The molecule has 1 amide bonds. The molecule has 3 rings (SSSR count). The molecule has 7 heteroatoms. The van der Waals surface area contributed by atoms with Crippen LogP contribution < -0.4 is 10.6 Å². The van der Waals surface area contributed by atoms with E-state index in [2.05, 4.69) is 20.4 Å². The van der Waals surface area contributed by atoms with Gasteiger partial charge in [-0.15, -0.1) is 0 Å². The number of amides is 1. The number of rotatable bonds is 6. The average molecular weight is 379 g/mol. The van der Waals surface area contributed by atoms with Crippen molar-refractivity contribution in [3.8, 4) is 0 Å². The topological polar surface area (TPSA) is 80.3 Å². The summed E-state index contributed by atoms with van der Waals surface area (Å²) in [6.45, 7) is 0.277. The van der Waals surface area contributed by atoms with Gasteiger partial charge in [0.05, 0.1) is 12.7 Å². The molecule has 1 aromatic heterocycles. The van der Waals surface area contributed by atoms with Crippen LogP contribution in [0.4, 0.5) is 15.8 Å². The van der Waals surface area contributed by atoms with Crippen molar-refractivity contribution in [3.63, 3.8) is 0 Å². The summed E-state index contributed by atoms with van der Waals surface area (Å²) >= 11 is 0. The standard InChI is InChI=1S/C21H18FN3O3/c1-28-21(27)14-6-4-7-17(11-14)25-20(26)19-12-16(9-10-23-19)24-13-15-5-2-3-8-18(15)22/h2-12H,13H2,1H3,(H,23,24)(H,25,26). The molecule has 0 spiro atoms. The summed E-state index contributed by atoms with van der Waals surface area (Å²) < 4.78 is 18.4. The summed E-state index contributed by atoms with van der Waals surface area (Å²) in [6, 6.07) is 16.1. The molecular formula is C21H18FN3O3. The number of nitrogens with zero attached hydrogens (tertiary/aromatic N) is 1. The number of esters is 1. The number of hydrogen-bond acceptors (Lipinski definition) is 5. The number of carbonyl (C=O) groups is 2. The monoisotopic (exact) mass is 379 g/mol. The second kappa shape index (κ2) is 8.77. The molecule has 2 aromatic carbocycles. The van der Waals surface area contributed by atoms with Crippen LogP contribution in [0.1, 0.15) is 26.4 Å². The fourth-order valence-electron chi connectivity index (χ4n) is 2.54. The van der Waals surface area contributed by atoms with Crippen LogP contribution in [0, 0.1) is 5.82 Å². The Hall–Kier alpha value is -3.74. The van der Waals surface area contributed by atoms with Crippen LogP contribution in [0.25, 0.3) is 0 Å². The van der Waals surface area contributed by atoms with Gasteiger partial charge in [-0.25, -0.2) is 9.18 Å². The highest BCUT2D eigenvalue weighted by Gasteiger charge is 2.11. The fourth-order valence-corrected chi connectivity index (χ4v) is 2.54. The van der Waals surface area contributed by atoms with E-state index >= 15 is 0 Å². The zero-order chi connectivity index (χ0) is 19.9. The smallest absolute Gasteiger partial charge is 0.337 e. The van der Waals surface area contributed by atoms with Gasteiger partial charge in [0.25, 0.3) is 5.91 Å². The molecule has 0 bridgehead atoms. The number of nitrogens with one attached hydrogen (secondary N) is 2. The van der Waals surface area contributed by atoms with Gasteiger partial charge in [-0.2, -0.15) is 0 Å². The molecular weight excluding hydrogens is 361 g/mol. The number of halogens is 1. The summed E-state index contributed by atoms with van der Waals surface area (Å²) in [5, 5.41) is 5.76. The SMILES string of the molecule is COC(=O)c1cccc(NC(=O)c2cc(NCc3ccccc3F)ccn2)c1. The Kier molecular flexibility index (Phi) is 5.96. The van der Waals surface area contributed by atoms with Crippen molar-refractivity contribution in [1.82, 2.24) is 4.98 Å². The first-order valence-corrected chi connectivity index (χ1v) is 8.50. The Balaban J connectivity index is 1.69. The number of methoxy groups -OCH3 is 1. The summed E-state index contributed by atoms with van der Waals surface area (Å²) in [6.07, 6.45) is 1.49. The van der Waals surface area contributed by atoms with Crippen LogP contribution in [0.3, 0.4) is 0 Å². The van der Waals surface area contributed by atoms with Gasteiger partial charge in [0.1, 0.15) is 11.5 Å². The number of hydrogen-bond donors (Lipinski definition) is 2. The molecule has 0 saturated heterocycles. The van der Waals surface area contributed by atoms with Gasteiger partial charge in [0.2, 0.25) is 0 Å². The summed E-state index contributed by atoms with van der Waals surface area (Å²) in [5.41, 5.74) is 2.10. The van der Waals surface area contributed by atoms with E-state index in [-0.39, 0.29) is 18.1 Å². The van der Waals surface area contributed by atoms with E-state index in [4.69, 9.17) is 0 Å². The maximum Gasteiger partial charge on any atom is 0.337 e. The van der Waals surface area contributed by atoms with Gasteiger partial charge in [-0.3, -0.25) is 9.78 Å². The molecule has 3 aromatic rings. The maximum atomic E-state index is 13.7. The highest BCUT2D eigenvalue weighted by molar-refractivity contribution is 6.04. The van der Waals surface area contributed by atoms with E-state index in [0.717, 1.165) is 0 Å². The van der Waals surface area contributed by atoms with Crippen molar-refractivity contribution >= 4 is 23.3 Å². The molecule has 0 unspecified atom stereocenters. The van der Waals surface area contributed by atoms with E-state index in [1.54, 1.807) is 48.5 Å². The van der Waals surface area contributed by atoms with Crippen molar-refractivity contribution in [2.24, 2.45) is 0 Å². The molecule has 0 atom stereocenters. The zero-order valence-electron chi connectivity index (χ0n) is 15.1. The third-order valence-corrected chi connectivity index (χ3v) is 3.97. The molecule has 142 valence electrons. The summed E-state index contributed by atoms with van der Waals surface area (Å²) in [5.74, 6) is -1.22. The first kappa shape index (κ1) is 19.0. The van der Waals surface area contributed by atoms with Gasteiger partial charge in [0, 0.05) is 29.7 Å². The van der Waals surface area contributed by atoms with Crippen LogP contribution in [0.5, 0.6) is 0 Å². The second-order valence-corrected chi connectivity index (χ2v) is 5.90. The normalized spacial score (nSPS) is 10.2. The Morgan fingerprint density at radius 3 is 2.64 bits per heavy atom. The van der Waals surface area contributed by atoms with Crippen molar-refractivity contribution in [3.05, 3.63) is 89.5 Å². The lowest BCUT2D eigenvalue weighted by Gasteiger charge is -2.10. The molecule has 0 radical (unpaired) electrons. The predicted octanol–water partition coefficient (Wildman–Crippen LogP) is 3.87. The molecule has 0 saturated carbocycles. The summed E-state index contributed by atoms with van der Waals surface area (Å²) in [4.78, 5) is 28.1. The second-order valence-electron chi connectivity index (χ2n) is 5.90. The molecule has 0 aliphatic carbocycles. The van der Waals surface area contributed by atoms with Gasteiger partial charge < -0.3 is 15.4 Å². The highest BCUT2D eigenvalue weighted by Crippen LogP contribution is 2.15. The molecule has 28 heavy (non-hydrogen) atoms. The zero-order valence-corrected chi connectivity index (χ0v) is 15.1. The number of carbonyl (C=O) groups excluding carboxylic acids is 2. The molecule has 0 fully saturated rings. The minimum atomic E-state index is -0.492. The third kappa shape index (κ3) is 4.70. The number of anilines is 2. The minimum absolute atomic E-state index is 0.182. The van der Waals surface area contributed by atoms with Crippen LogP contribution in [-0.4, -0.2) is 24.0 Å². The van der Waals surface area contributed by atoms with Gasteiger partial charge >= 0.3 is 5.97 Å². The van der Waals surface area contributed by atoms with Gasteiger partial charge in [0.15, 0.2) is 0 Å². The van der Waals surface area contributed by atoms with E-state index in [0.29, 0.717) is 22.5 Å². The Labute approximate surface area is 161 Å². The number of aromatic nitrogens is 1. The molecule has 0 aliphatic rings. The molecule has 0 aliphatic heterocycles. The largest absolute Gasteiger partial charge is 0.465 e. The Bertz CT molecular complexity index is 1010. The number of benzene rings is 2. The lowest BCUT2D eigenvalue weighted by Crippen LogP contribution is -2.14. The van der Waals surface area contributed by atoms with Crippen LogP contribution in [0.2, 0.25) is 0 Å². The first-order chi connectivity index (χ1) is 13.6. The Morgan fingerprint density at radius 2 is 1.86 bits per heavy atom. The lowest BCUT2D eigenvalue weighted by atomic mass is 10.2. The van der Waals surface area contributed by atoms with E-state index < -0.39 is 11.9 Å². The fraction of sp³-hybridized carbons (Fsp3) is 0.0952. The molecule has 2 N–H and O–H groups in total. The average Bonchev–Trinajstić information content (AvgIpc) is 2.73. The molecule has 6 nitrogen and oxygen atoms in total. The van der Waals surface area contributed by atoms with Crippen LogP contribution in [-0.2, 0) is 11.3 Å². The van der Waals surface area contributed by atoms with Crippen molar-refractivity contribution in [2.75, 3.05) is 17.7 Å². The third-order valence-electron chi connectivity index (χ3n) is 3.97. The van der Waals surface area contributed by atoms with Crippen LogP contribution in [0.15, 0.2) is 66.9 Å². The maximum absolute atomic E-state index is 13.7. The lowest BCUT2D eigenvalue weighted by molar-refractivity contribution is 0.0600. The Morgan fingerprint density at radius 1 is 1.04 bits per heavy atom. The predicted molar refractivity (Wildman–Crippen MR) is 104 cm³/mol. The van der Waals surface area contributed by atoms with Gasteiger partial charge in [-0.1, -0.05) is 24.3 Å². The molecule has 1 heterocycles. The van der Waals surface area contributed by atoms with E-state index in [1.165, 1.54) is 25.4 Å². The van der Waals surface area contributed by atoms with E-state index in [1.807, 2.05) is 0 Å². The first-order valence-electron chi connectivity index (χ1n) is 8.50.